The number of ether oxygens (including phenoxy) is 3. The highest BCUT2D eigenvalue weighted by molar-refractivity contribution is 5.07. The maximum atomic E-state index is 8.05. The fraction of sp³-hybridized carbons (Fsp3) is 0.750. The molecule has 0 spiro atoms. The van der Waals surface area contributed by atoms with Crippen molar-refractivity contribution in [1.82, 2.24) is 0 Å². The summed E-state index contributed by atoms with van der Waals surface area (Å²) in [4.78, 5) is 0. The zero-order valence-corrected chi connectivity index (χ0v) is 12.0. The van der Waals surface area contributed by atoms with Crippen molar-refractivity contribution in [3.63, 3.8) is 0 Å². The average molecular weight is 280 g/mol. The molecule has 0 radical (unpaired) electrons. The van der Waals surface area contributed by atoms with Crippen LogP contribution in [0, 0.1) is 24.2 Å². The van der Waals surface area contributed by atoms with E-state index < -0.39 is 0 Å². The van der Waals surface area contributed by atoms with Gasteiger partial charge in [-0.05, 0) is 38.5 Å². The summed E-state index contributed by atoms with van der Waals surface area (Å²) in [5.41, 5.74) is 0. The summed E-state index contributed by atoms with van der Waals surface area (Å²) in [6.07, 6.45) is 12.1. The van der Waals surface area contributed by atoms with Crippen LogP contribution in [0.15, 0.2) is 0 Å². The van der Waals surface area contributed by atoms with Gasteiger partial charge in [-0.3, -0.25) is 0 Å². The molecule has 1 N–H and O–H groups in total. The van der Waals surface area contributed by atoms with Gasteiger partial charge in [0.15, 0.2) is 12.6 Å². The van der Waals surface area contributed by atoms with Crippen molar-refractivity contribution >= 4 is 0 Å². The van der Waals surface area contributed by atoms with Crippen molar-refractivity contribution < 1.29 is 19.3 Å². The Morgan fingerprint density at radius 1 is 1.00 bits per heavy atom. The van der Waals surface area contributed by atoms with Gasteiger partial charge in [-0.1, -0.05) is 17.8 Å². The van der Waals surface area contributed by atoms with E-state index in [0.717, 1.165) is 26.1 Å². The Morgan fingerprint density at radius 3 is 2.00 bits per heavy atom. The molecule has 2 aliphatic rings. The van der Waals surface area contributed by atoms with Crippen LogP contribution in [0.4, 0.5) is 0 Å². The molecule has 2 fully saturated rings. The maximum absolute atomic E-state index is 8.05. The second-order valence-corrected chi connectivity index (χ2v) is 4.62. The molecular weight excluding hydrogens is 256 g/mol. The molecule has 2 atom stereocenters. The van der Waals surface area contributed by atoms with Gasteiger partial charge in [0.25, 0.3) is 0 Å². The molecule has 4 heteroatoms. The first-order valence-electron chi connectivity index (χ1n) is 7.25. The molecule has 2 heterocycles. The predicted octanol–water partition coefficient (Wildman–Crippen LogP) is 2.06. The summed E-state index contributed by atoms with van der Waals surface area (Å²) in [5.74, 6) is 7.28. The van der Waals surface area contributed by atoms with E-state index in [9.17, 15) is 0 Å². The number of aliphatic hydroxyl groups excluding tert-OH is 1. The van der Waals surface area contributed by atoms with Crippen molar-refractivity contribution in [1.29, 1.82) is 0 Å². The van der Waals surface area contributed by atoms with Gasteiger partial charge in [-0.2, -0.15) is 0 Å². The Bertz CT molecular complexity index is 309. The minimum atomic E-state index is -0.0956. The van der Waals surface area contributed by atoms with Gasteiger partial charge in [0.1, 0.15) is 6.61 Å². The lowest BCUT2D eigenvalue weighted by Gasteiger charge is -2.29. The molecule has 4 nitrogen and oxygen atoms in total. The first-order chi connectivity index (χ1) is 9.86. The Labute approximate surface area is 121 Å². The number of hydrogen-bond donors (Lipinski definition) is 1. The fourth-order valence-electron chi connectivity index (χ4n) is 1.98. The van der Waals surface area contributed by atoms with Crippen molar-refractivity contribution in [2.45, 2.75) is 57.5 Å². The van der Waals surface area contributed by atoms with Crippen LogP contribution in [-0.2, 0) is 14.2 Å². The SMILES string of the molecule is C#CCC#CCO.C1CCC(OC2CCCCO2)OC1. The zero-order chi connectivity index (χ0) is 14.5. The molecule has 0 bridgehead atoms. The van der Waals surface area contributed by atoms with E-state index in [2.05, 4.69) is 17.8 Å². The second kappa shape index (κ2) is 11.8. The molecular formula is C16H24O4. The zero-order valence-electron chi connectivity index (χ0n) is 12.0. The van der Waals surface area contributed by atoms with E-state index in [1.165, 1.54) is 25.7 Å². The lowest BCUT2D eigenvalue weighted by atomic mass is 10.2. The van der Waals surface area contributed by atoms with Crippen molar-refractivity contribution in [2.75, 3.05) is 19.8 Å². The minimum Gasteiger partial charge on any atom is -0.384 e. The van der Waals surface area contributed by atoms with Gasteiger partial charge >= 0.3 is 0 Å². The summed E-state index contributed by atoms with van der Waals surface area (Å²) in [6, 6.07) is 0. The lowest BCUT2D eigenvalue weighted by Crippen LogP contribution is -2.31. The van der Waals surface area contributed by atoms with Gasteiger partial charge in [0, 0.05) is 13.2 Å². The van der Waals surface area contributed by atoms with Crippen LogP contribution in [0.2, 0.25) is 0 Å². The van der Waals surface area contributed by atoms with Gasteiger partial charge in [0.2, 0.25) is 0 Å². The maximum Gasteiger partial charge on any atom is 0.160 e. The Kier molecular flexibility index (Phi) is 10.0. The highest BCUT2D eigenvalue weighted by Crippen LogP contribution is 2.20. The largest absolute Gasteiger partial charge is 0.384 e. The van der Waals surface area contributed by atoms with Crippen molar-refractivity contribution in [3.8, 4) is 24.2 Å². The number of terminal acetylenes is 1. The van der Waals surface area contributed by atoms with E-state index >= 15 is 0 Å². The summed E-state index contributed by atoms with van der Waals surface area (Å²) < 4.78 is 16.6. The average Bonchev–Trinajstić information content (AvgIpc) is 2.51. The monoisotopic (exact) mass is 280 g/mol. The van der Waals surface area contributed by atoms with Crippen molar-refractivity contribution in [3.05, 3.63) is 0 Å². The highest BCUT2D eigenvalue weighted by Gasteiger charge is 2.21. The second-order valence-electron chi connectivity index (χ2n) is 4.62. The van der Waals surface area contributed by atoms with Crippen molar-refractivity contribution in [2.24, 2.45) is 0 Å². The normalized spacial score (nSPS) is 25.4. The lowest BCUT2D eigenvalue weighted by molar-refractivity contribution is -0.264. The van der Waals surface area contributed by atoms with Gasteiger partial charge in [0.05, 0.1) is 6.42 Å². The van der Waals surface area contributed by atoms with E-state index in [0.29, 0.717) is 6.42 Å². The van der Waals surface area contributed by atoms with Crippen LogP contribution in [0.3, 0.4) is 0 Å². The predicted molar refractivity (Wildman–Crippen MR) is 76.6 cm³/mol. The van der Waals surface area contributed by atoms with E-state index in [-0.39, 0.29) is 19.2 Å². The van der Waals surface area contributed by atoms with Crippen LogP contribution < -0.4 is 0 Å². The third-order valence-electron chi connectivity index (χ3n) is 2.97. The number of aliphatic hydroxyl groups is 1. The third-order valence-corrected chi connectivity index (χ3v) is 2.97. The van der Waals surface area contributed by atoms with Crippen LogP contribution in [0.5, 0.6) is 0 Å². The Morgan fingerprint density at radius 2 is 1.60 bits per heavy atom. The molecule has 0 aliphatic carbocycles. The third kappa shape index (κ3) is 8.19. The molecule has 0 aromatic rings. The first kappa shape index (κ1) is 17.0. The number of rotatable bonds is 2. The molecule has 112 valence electrons. The Hall–Kier alpha value is -1.04. The van der Waals surface area contributed by atoms with E-state index in [4.69, 9.17) is 25.7 Å². The summed E-state index contributed by atoms with van der Waals surface area (Å²) in [7, 11) is 0. The quantitative estimate of drug-likeness (QED) is 0.787. The van der Waals surface area contributed by atoms with E-state index in [1.54, 1.807) is 0 Å². The molecule has 0 aromatic heterocycles. The smallest absolute Gasteiger partial charge is 0.160 e. The summed E-state index contributed by atoms with van der Waals surface area (Å²) >= 11 is 0. The molecule has 0 saturated carbocycles. The van der Waals surface area contributed by atoms with Gasteiger partial charge < -0.3 is 19.3 Å². The van der Waals surface area contributed by atoms with Crippen LogP contribution >= 0.6 is 0 Å². The molecule has 0 aromatic carbocycles. The van der Waals surface area contributed by atoms with Crippen LogP contribution in [-0.4, -0.2) is 37.5 Å². The number of hydrogen-bond acceptors (Lipinski definition) is 4. The highest BCUT2D eigenvalue weighted by atomic mass is 16.8. The molecule has 2 saturated heterocycles. The molecule has 20 heavy (non-hydrogen) atoms. The van der Waals surface area contributed by atoms with Crippen LogP contribution in [0.1, 0.15) is 44.9 Å². The minimum absolute atomic E-state index is 0.00292. The summed E-state index contributed by atoms with van der Waals surface area (Å²) in [6.45, 7) is 1.59. The first-order valence-corrected chi connectivity index (χ1v) is 7.25. The molecule has 2 aliphatic heterocycles. The molecule has 0 amide bonds. The van der Waals surface area contributed by atoms with Gasteiger partial charge in [-0.15, -0.1) is 6.42 Å². The molecule has 2 unspecified atom stereocenters. The topological polar surface area (TPSA) is 47.9 Å². The van der Waals surface area contributed by atoms with Crippen LogP contribution in [0.25, 0.3) is 0 Å². The fourth-order valence-corrected chi connectivity index (χ4v) is 1.98. The van der Waals surface area contributed by atoms with E-state index in [1.807, 2.05) is 0 Å². The Balaban J connectivity index is 0.000000246. The van der Waals surface area contributed by atoms with Gasteiger partial charge in [-0.25, -0.2) is 0 Å². The standard InChI is InChI=1S/C10H18O3.C6H6O/c1-3-7-11-9(5-1)13-10-6-2-4-8-12-10;1-2-3-4-5-6-7/h9-10H,1-8H2;1,7H,3,6H2. The summed E-state index contributed by atoms with van der Waals surface area (Å²) in [5, 5.41) is 8.05. The molecule has 2 rings (SSSR count).